The fourth-order valence-electron chi connectivity index (χ4n) is 2.88. The number of fused-ring (bicyclic) bond motifs is 1. The van der Waals surface area contributed by atoms with E-state index in [1.807, 2.05) is 6.07 Å². The zero-order valence-corrected chi connectivity index (χ0v) is 14.1. The van der Waals surface area contributed by atoms with Gasteiger partial charge >= 0.3 is 0 Å². The quantitative estimate of drug-likeness (QED) is 0.468. The summed E-state index contributed by atoms with van der Waals surface area (Å²) in [6.45, 7) is 0.144. The van der Waals surface area contributed by atoms with Gasteiger partial charge in [0.25, 0.3) is 0 Å². The van der Waals surface area contributed by atoms with Gasteiger partial charge in [0.05, 0.1) is 5.56 Å². The molecule has 5 heteroatoms. The predicted octanol–water partition coefficient (Wildman–Crippen LogP) is 5.26. The third-order valence-electron chi connectivity index (χ3n) is 4.22. The molecule has 0 spiro atoms. The standard InChI is InChI=1S/C22H14F2O3/c23-17-11-16(15-4-2-1-3-5-15)12-18(24)22(17)19(25)8-6-14-7-9-20-21(10-14)27-13-26-20/h1-12H,13H2/b8-6+. The van der Waals surface area contributed by atoms with Crippen molar-refractivity contribution in [2.75, 3.05) is 6.79 Å². The third-order valence-corrected chi connectivity index (χ3v) is 4.22. The van der Waals surface area contributed by atoms with E-state index in [1.165, 1.54) is 18.2 Å². The van der Waals surface area contributed by atoms with E-state index in [-0.39, 0.29) is 6.79 Å². The van der Waals surface area contributed by atoms with Crippen molar-refractivity contribution in [1.82, 2.24) is 0 Å². The maximum atomic E-state index is 14.4. The summed E-state index contributed by atoms with van der Waals surface area (Å²) in [5.41, 5.74) is 1.13. The van der Waals surface area contributed by atoms with Crippen molar-refractivity contribution in [3.8, 4) is 22.6 Å². The van der Waals surface area contributed by atoms with E-state index >= 15 is 0 Å². The Morgan fingerprint density at radius 3 is 2.30 bits per heavy atom. The second-order valence-corrected chi connectivity index (χ2v) is 5.99. The predicted molar refractivity (Wildman–Crippen MR) is 97.7 cm³/mol. The Bertz CT molecular complexity index is 1020. The highest BCUT2D eigenvalue weighted by Crippen LogP contribution is 2.33. The summed E-state index contributed by atoms with van der Waals surface area (Å²) < 4.78 is 39.3. The number of ketones is 1. The third kappa shape index (κ3) is 3.44. The van der Waals surface area contributed by atoms with E-state index in [0.29, 0.717) is 28.2 Å². The van der Waals surface area contributed by atoms with Crippen molar-refractivity contribution >= 4 is 11.9 Å². The minimum atomic E-state index is -0.894. The van der Waals surface area contributed by atoms with Crippen molar-refractivity contribution in [3.05, 3.63) is 89.5 Å². The molecule has 0 unspecified atom stereocenters. The molecule has 0 saturated heterocycles. The number of ether oxygens (including phenoxy) is 2. The van der Waals surface area contributed by atoms with Crippen molar-refractivity contribution < 1.29 is 23.0 Å². The van der Waals surface area contributed by atoms with Crippen LogP contribution in [0.2, 0.25) is 0 Å². The van der Waals surface area contributed by atoms with Crippen LogP contribution in [0.15, 0.2) is 66.7 Å². The van der Waals surface area contributed by atoms with E-state index < -0.39 is 23.0 Å². The summed E-state index contributed by atoms with van der Waals surface area (Å²) in [4.78, 5) is 12.3. The number of allylic oxidation sites excluding steroid dienone is 1. The molecular weight excluding hydrogens is 350 g/mol. The van der Waals surface area contributed by atoms with Gasteiger partial charge in [-0.1, -0.05) is 42.5 Å². The van der Waals surface area contributed by atoms with Crippen LogP contribution in [-0.2, 0) is 0 Å². The van der Waals surface area contributed by atoms with Crippen LogP contribution in [0.3, 0.4) is 0 Å². The summed E-state index contributed by atoms with van der Waals surface area (Å²) in [5.74, 6) is -1.35. The van der Waals surface area contributed by atoms with Crippen molar-refractivity contribution in [1.29, 1.82) is 0 Å². The first-order valence-corrected chi connectivity index (χ1v) is 8.28. The smallest absolute Gasteiger partial charge is 0.231 e. The first-order valence-electron chi connectivity index (χ1n) is 8.28. The van der Waals surface area contributed by atoms with Crippen molar-refractivity contribution in [2.45, 2.75) is 0 Å². The number of hydrogen-bond donors (Lipinski definition) is 0. The summed E-state index contributed by atoms with van der Waals surface area (Å²) in [6, 6.07) is 16.3. The van der Waals surface area contributed by atoms with Gasteiger partial charge in [0, 0.05) is 0 Å². The minimum Gasteiger partial charge on any atom is -0.454 e. The van der Waals surface area contributed by atoms with Gasteiger partial charge in [-0.05, 0) is 47.0 Å². The maximum Gasteiger partial charge on any atom is 0.231 e. The molecule has 0 N–H and O–H groups in total. The SMILES string of the molecule is O=C(/C=C/c1ccc2c(c1)OCO2)c1c(F)cc(-c2ccccc2)cc1F. The Morgan fingerprint density at radius 2 is 1.56 bits per heavy atom. The molecule has 0 fully saturated rings. The molecule has 0 aromatic heterocycles. The van der Waals surface area contributed by atoms with E-state index in [9.17, 15) is 13.6 Å². The summed E-state index contributed by atoms with van der Waals surface area (Å²) in [7, 11) is 0. The normalized spacial score (nSPS) is 12.5. The fourth-order valence-corrected chi connectivity index (χ4v) is 2.88. The molecule has 4 rings (SSSR count). The molecule has 0 atom stereocenters. The van der Waals surface area contributed by atoms with Crippen LogP contribution in [-0.4, -0.2) is 12.6 Å². The van der Waals surface area contributed by atoms with Crippen LogP contribution in [0.1, 0.15) is 15.9 Å². The largest absolute Gasteiger partial charge is 0.454 e. The molecule has 0 aliphatic carbocycles. The minimum absolute atomic E-state index is 0.144. The number of carbonyl (C=O) groups excluding carboxylic acids is 1. The second-order valence-electron chi connectivity index (χ2n) is 5.99. The lowest BCUT2D eigenvalue weighted by Gasteiger charge is -2.06. The molecular formula is C22H14F2O3. The zero-order chi connectivity index (χ0) is 18.8. The molecule has 1 heterocycles. The molecule has 0 bridgehead atoms. The van der Waals surface area contributed by atoms with Crippen LogP contribution in [0.5, 0.6) is 11.5 Å². The lowest BCUT2D eigenvalue weighted by atomic mass is 10.0. The molecule has 0 radical (unpaired) electrons. The number of carbonyl (C=O) groups is 1. The topological polar surface area (TPSA) is 35.5 Å². The summed E-state index contributed by atoms with van der Waals surface area (Å²) in [6.07, 6.45) is 2.62. The van der Waals surface area contributed by atoms with Crippen LogP contribution < -0.4 is 9.47 Å². The average Bonchev–Trinajstić information content (AvgIpc) is 3.14. The second kappa shape index (κ2) is 7.03. The molecule has 1 aliphatic heterocycles. The Hall–Kier alpha value is -3.47. The van der Waals surface area contributed by atoms with Gasteiger partial charge in [0.1, 0.15) is 11.6 Å². The van der Waals surface area contributed by atoms with Gasteiger partial charge in [-0.25, -0.2) is 8.78 Å². The van der Waals surface area contributed by atoms with E-state index in [0.717, 1.165) is 6.08 Å². The van der Waals surface area contributed by atoms with Crippen LogP contribution in [0.4, 0.5) is 8.78 Å². The number of rotatable bonds is 4. The highest BCUT2D eigenvalue weighted by Gasteiger charge is 2.18. The van der Waals surface area contributed by atoms with Gasteiger partial charge in [-0.3, -0.25) is 4.79 Å². The molecule has 134 valence electrons. The fraction of sp³-hybridized carbons (Fsp3) is 0.0455. The molecule has 0 saturated carbocycles. The van der Waals surface area contributed by atoms with Gasteiger partial charge < -0.3 is 9.47 Å². The molecule has 3 aromatic rings. The highest BCUT2D eigenvalue weighted by molar-refractivity contribution is 6.07. The van der Waals surface area contributed by atoms with Gasteiger partial charge in [-0.15, -0.1) is 0 Å². The maximum absolute atomic E-state index is 14.4. The van der Waals surface area contributed by atoms with Gasteiger partial charge in [-0.2, -0.15) is 0 Å². The first kappa shape index (κ1) is 17.0. The monoisotopic (exact) mass is 364 g/mol. The lowest BCUT2D eigenvalue weighted by Crippen LogP contribution is -2.03. The first-order chi connectivity index (χ1) is 13.1. The van der Waals surface area contributed by atoms with Crippen molar-refractivity contribution in [3.63, 3.8) is 0 Å². The van der Waals surface area contributed by atoms with Crippen LogP contribution in [0, 0.1) is 11.6 Å². The Balaban J connectivity index is 1.60. The molecule has 3 nitrogen and oxygen atoms in total. The number of benzene rings is 3. The molecule has 0 amide bonds. The lowest BCUT2D eigenvalue weighted by molar-refractivity contribution is 0.104. The summed E-state index contributed by atoms with van der Waals surface area (Å²) in [5, 5.41) is 0. The van der Waals surface area contributed by atoms with Crippen LogP contribution >= 0.6 is 0 Å². The average molecular weight is 364 g/mol. The van der Waals surface area contributed by atoms with E-state index in [4.69, 9.17) is 9.47 Å². The molecule has 1 aliphatic rings. The molecule has 27 heavy (non-hydrogen) atoms. The zero-order valence-electron chi connectivity index (χ0n) is 14.1. The van der Waals surface area contributed by atoms with Crippen molar-refractivity contribution in [2.24, 2.45) is 0 Å². The van der Waals surface area contributed by atoms with Gasteiger partial charge in [0.15, 0.2) is 17.3 Å². The van der Waals surface area contributed by atoms with Gasteiger partial charge in [0.2, 0.25) is 6.79 Å². The van der Waals surface area contributed by atoms with Crippen LogP contribution in [0.25, 0.3) is 17.2 Å². The Morgan fingerprint density at radius 1 is 0.852 bits per heavy atom. The molecule has 3 aromatic carbocycles. The summed E-state index contributed by atoms with van der Waals surface area (Å²) >= 11 is 0. The number of hydrogen-bond acceptors (Lipinski definition) is 3. The van der Waals surface area contributed by atoms with E-state index in [1.54, 1.807) is 42.5 Å². The Labute approximate surface area is 154 Å². The van der Waals surface area contributed by atoms with E-state index in [2.05, 4.69) is 0 Å². The number of halogens is 2. The Kier molecular flexibility index (Phi) is 4.42. The highest BCUT2D eigenvalue weighted by atomic mass is 19.1.